The van der Waals surface area contributed by atoms with Crippen molar-refractivity contribution in [2.75, 3.05) is 13.1 Å². The molecule has 0 saturated heterocycles. The molecule has 6 nitrogen and oxygen atoms in total. The Morgan fingerprint density at radius 1 is 0.714 bits per heavy atom. The Hall–Kier alpha value is -1.64. The van der Waals surface area contributed by atoms with Crippen LogP contribution in [-0.2, 0) is 0 Å². The first-order valence-electron chi connectivity index (χ1n) is 4.43. The van der Waals surface area contributed by atoms with Crippen LogP contribution in [0.15, 0.2) is 20.3 Å². The summed E-state index contributed by atoms with van der Waals surface area (Å²) in [6, 6.07) is 4.21. The standard InChI is InChI=1S/C8H14N4O2/c13-11-7-9-5-3-1-2-4-6-10-8-12-14/h13-14H,1-6H2. The molecule has 2 N–H and O–H groups in total. The lowest BCUT2D eigenvalue weighted by atomic mass is 10.2. The second kappa shape index (κ2) is 11.4. The summed E-state index contributed by atoms with van der Waals surface area (Å²) in [4.78, 5) is 7.37. The molecule has 0 heterocycles. The van der Waals surface area contributed by atoms with Crippen molar-refractivity contribution in [3.05, 3.63) is 0 Å². The van der Waals surface area contributed by atoms with Crippen LogP contribution in [0.3, 0.4) is 0 Å². The normalized spacial score (nSPS) is 8.29. The minimum Gasteiger partial charge on any atom is -0.403 e. The van der Waals surface area contributed by atoms with Crippen molar-refractivity contribution in [2.24, 2.45) is 20.3 Å². The number of unbranched alkanes of at least 4 members (excludes halogenated alkanes) is 3. The Bertz CT molecular complexity index is 214. The van der Waals surface area contributed by atoms with Gasteiger partial charge in [0.15, 0.2) is 0 Å². The molecule has 0 radical (unpaired) electrons. The van der Waals surface area contributed by atoms with E-state index >= 15 is 0 Å². The molecular weight excluding hydrogens is 184 g/mol. The van der Waals surface area contributed by atoms with E-state index in [4.69, 9.17) is 10.4 Å². The fourth-order valence-electron chi connectivity index (χ4n) is 0.899. The zero-order chi connectivity index (χ0) is 10.5. The van der Waals surface area contributed by atoms with Crippen LogP contribution in [0.2, 0.25) is 0 Å². The summed E-state index contributed by atoms with van der Waals surface area (Å²) in [7, 11) is 0. The molecule has 0 atom stereocenters. The molecule has 0 saturated carbocycles. The lowest BCUT2D eigenvalue weighted by molar-refractivity contribution is 0.322. The van der Waals surface area contributed by atoms with E-state index in [2.05, 4.69) is 32.3 Å². The summed E-state index contributed by atoms with van der Waals surface area (Å²) in [5, 5.41) is 21.2. The van der Waals surface area contributed by atoms with Crippen LogP contribution in [0.1, 0.15) is 25.7 Å². The Kier molecular flexibility index (Phi) is 10.0. The fraction of sp³-hybridized carbons (Fsp3) is 0.750. The van der Waals surface area contributed by atoms with Crippen LogP contribution < -0.4 is 0 Å². The van der Waals surface area contributed by atoms with Crippen molar-refractivity contribution in [2.45, 2.75) is 25.7 Å². The molecule has 0 aliphatic rings. The maximum Gasteiger partial charge on any atom is 0.135 e. The van der Waals surface area contributed by atoms with Gasteiger partial charge >= 0.3 is 0 Å². The maximum absolute atomic E-state index is 7.96. The Morgan fingerprint density at radius 2 is 1.14 bits per heavy atom. The van der Waals surface area contributed by atoms with E-state index in [1.54, 1.807) is 0 Å². The molecule has 0 aliphatic carbocycles. The summed E-state index contributed by atoms with van der Waals surface area (Å²) < 4.78 is 0. The zero-order valence-corrected chi connectivity index (χ0v) is 7.93. The highest BCUT2D eigenvalue weighted by Crippen LogP contribution is 1.99. The number of hydrogen-bond acceptors (Lipinski definition) is 6. The summed E-state index contributed by atoms with van der Waals surface area (Å²) in [5.74, 6) is 0. The first-order chi connectivity index (χ1) is 6.91. The van der Waals surface area contributed by atoms with Crippen molar-refractivity contribution in [1.82, 2.24) is 0 Å². The Balaban J connectivity index is 3.14. The third-order valence-corrected chi connectivity index (χ3v) is 1.52. The van der Waals surface area contributed by atoms with Crippen LogP contribution in [0, 0.1) is 0 Å². The lowest BCUT2D eigenvalue weighted by Gasteiger charge is -1.94. The van der Waals surface area contributed by atoms with Gasteiger partial charge in [0.2, 0.25) is 0 Å². The molecule has 0 fully saturated rings. The Morgan fingerprint density at radius 3 is 1.50 bits per heavy atom. The first-order valence-corrected chi connectivity index (χ1v) is 4.43. The van der Waals surface area contributed by atoms with Gasteiger partial charge in [-0.3, -0.25) is 0 Å². The average Bonchev–Trinajstić information content (AvgIpc) is 2.21. The van der Waals surface area contributed by atoms with Crippen molar-refractivity contribution >= 4 is 12.0 Å². The highest BCUT2D eigenvalue weighted by atomic mass is 16.4. The van der Waals surface area contributed by atoms with E-state index in [1.807, 2.05) is 0 Å². The van der Waals surface area contributed by atoms with Gasteiger partial charge < -0.3 is 10.4 Å². The summed E-state index contributed by atoms with van der Waals surface area (Å²) in [5.41, 5.74) is 0. The van der Waals surface area contributed by atoms with Crippen molar-refractivity contribution < 1.29 is 10.4 Å². The quantitative estimate of drug-likeness (QED) is 0.282. The summed E-state index contributed by atoms with van der Waals surface area (Å²) in [6.07, 6.45) is 3.98. The highest BCUT2D eigenvalue weighted by molar-refractivity contribution is 5.39. The zero-order valence-electron chi connectivity index (χ0n) is 7.93. The van der Waals surface area contributed by atoms with Crippen LogP contribution in [-0.4, -0.2) is 35.5 Å². The highest BCUT2D eigenvalue weighted by Gasteiger charge is 1.87. The van der Waals surface area contributed by atoms with Crippen molar-refractivity contribution in [3.8, 4) is 0 Å². The van der Waals surface area contributed by atoms with E-state index in [0.717, 1.165) is 25.7 Å². The van der Waals surface area contributed by atoms with Gasteiger partial charge in [-0.2, -0.15) is 0 Å². The largest absolute Gasteiger partial charge is 0.403 e. The van der Waals surface area contributed by atoms with E-state index < -0.39 is 0 Å². The van der Waals surface area contributed by atoms with Gasteiger partial charge in [0.25, 0.3) is 0 Å². The minimum absolute atomic E-state index is 0.630. The fourth-order valence-corrected chi connectivity index (χ4v) is 0.899. The van der Waals surface area contributed by atoms with E-state index in [0.29, 0.717) is 13.1 Å². The SMILES string of the molecule is ON=C=NCCCCCCN=C=NO. The van der Waals surface area contributed by atoms with Gasteiger partial charge in [0.1, 0.15) is 12.0 Å². The van der Waals surface area contributed by atoms with Crippen LogP contribution in [0.5, 0.6) is 0 Å². The second-order valence-corrected chi connectivity index (χ2v) is 2.58. The number of hydrogen-bond donors (Lipinski definition) is 2. The van der Waals surface area contributed by atoms with Gasteiger partial charge in [0, 0.05) is 0 Å². The molecule has 0 aromatic rings. The lowest BCUT2D eigenvalue weighted by Crippen LogP contribution is -1.84. The predicted molar refractivity (Wildman–Crippen MR) is 51.5 cm³/mol. The Labute approximate surface area is 82.4 Å². The van der Waals surface area contributed by atoms with Gasteiger partial charge in [0.05, 0.1) is 13.1 Å². The van der Waals surface area contributed by atoms with Gasteiger partial charge in [-0.15, -0.1) is 0 Å². The monoisotopic (exact) mass is 198 g/mol. The van der Waals surface area contributed by atoms with E-state index in [-0.39, 0.29) is 0 Å². The average molecular weight is 198 g/mol. The predicted octanol–water partition coefficient (Wildman–Crippen LogP) is 1.67. The smallest absolute Gasteiger partial charge is 0.135 e. The molecule has 6 heteroatoms. The molecule has 0 spiro atoms. The number of rotatable bonds is 7. The molecule has 0 unspecified atom stereocenters. The topological polar surface area (TPSA) is 89.9 Å². The van der Waals surface area contributed by atoms with Crippen LogP contribution >= 0.6 is 0 Å². The van der Waals surface area contributed by atoms with Crippen molar-refractivity contribution in [1.29, 1.82) is 0 Å². The number of nitrogens with zero attached hydrogens (tertiary/aromatic N) is 4. The van der Waals surface area contributed by atoms with Gasteiger partial charge in [-0.25, -0.2) is 9.98 Å². The van der Waals surface area contributed by atoms with E-state index in [1.165, 1.54) is 0 Å². The maximum atomic E-state index is 7.96. The van der Waals surface area contributed by atoms with E-state index in [9.17, 15) is 0 Å². The molecular formula is C8H14N4O2. The van der Waals surface area contributed by atoms with Crippen molar-refractivity contribution in [3.63, 3.8) is 0 Å². The summed E-state index contributed by atoms with van der Waals surface area (Å²) in [6.45, 7) is 1.26. The third-order valence-electron chi connectivity index (χ3n) is 1.52. The molecule has 0 amide bonds. The van der Waals surface area contributed by atoms with Crippen LogP contribution in [0.4, 0.5) is 0 Å². The molecule has 78 valence electrons. The number of aliphatic imine (C=N–C) groups is 2. The van der Waals surface area contributed by atoms with Gasteiger partial charge in [-0.1, -0.05) is 12.8 Å². The third kappa shape index (κ3) is 10.4. The first kappa shape index (κ1) is 12.4. The minimum atomic E-state index is 0.630. The van der Waals surface area contributed by atoms with Gasteiger partial charge in [-0.05, 0) is 23.2 Å². The molecule has 0 rings (SSSR count). The molecule has 0 aromatic heterocycles. The molecule has 0 bridgehead atoms. The summed E-state index contributed by atoms with van der Waals surface area (Å²) >= 11 is 0. The second-order valence-electron chi connectivity index (χ2n) is 2.58. The molecule has 14 heavy (non-hydrogen) atoms. The van der Waals surface area contributed by atoms with Crippen LogP contribution in [0.25, 0.3) is 0 Å². The molecule has 0 aliphatic heterocycles. The molecule has 0 aromatic carbocycles.